The molecule has 1 aromatic rings. The van der Waals surface area contributed by atoms with Crippen molar-refractivity contribution in [1.29, 1.82) is 5.41 Å². The molecule has 0 saturated heterocycles. The Balaban J connectivity index is 0.00000121. The van der Waals surface area contributed by atoms with Gasteiger partial charge in [0, 0.05) is 18.4 Å². The normalized spacial score (nSPS) is 9.64. The summed E-state index contributed by atoms with van der Waals surface area (Å²) in [5.74, 6) is 0. The van der Waals surface area contributed by atoms with E-state index in [4.69, 9.17) is 11.1 Å². The van der Waals surface area contributed by atoms with Gasteiger partial charge < -0.3 is 11.1 Å². The third kappa shape index (κ3) is 1.58. The van der Waals surface area contributed by atoms with Crippen LogP contribution in [-0.4, -0.2) is 5.71 Å². The number of benzene rings is 1. The molecule has 0 aliphatic rings. The average molecular weight is 150 g/mol. The van der Waals surface area contributed by atoms with Crippen molar-refractivity contribution < 1.29 is 1.43 Å². The van der Waals surface area contributed by atoms with Gasteiger partial charge in [0.05, 0.1) is 0 Å². The number of nitrogen functional groups attached to an aromatic ring is 1. The van der Waals surface area contributed by atoms with E-state index in [-0.39, 0.29) is 1.43 Å². The molecule has 0 amide bonds. The maximum absolute atomic E-state index is 7.39. The fourth-order valence-corrected chi connectivity index (χ4v) is 0.995. The summed E-state index contributed by atoms with van der Waals surface area (Å²) in [5, 5.41) is 7.39. The quantitative estimate of drug-likeness (QED) is 0.468. The zero-order valence-corrected chi connectivity index (χ0v) is 6.81. The fourth-order valence-electron chi connectivity index (χ4n) is 0.995. The lowest BCUT2D eigenvalue weighted by molar-refractivity contribution is 1.41. The summed E-state index contributed by atoms with van der Waals surface area (Å²) in [7, 11) is 0. The molecule has 0 saturated carbocycles. The predicted molar refractivity (Wildman–Crippen MR) is 50.2 cm³/mol. The summed E-state index contributed by atoms with van der Waals surface area (Å²) in [4.78, 5) is 0. The van der Waals surface area contributed by atoms with Crippen LogP contribution in [0.5, 0.6) is 0 Å². The van der Waals surface area contributed by atoms with Crippen molar-refractivity contribution in [2.75, 3.05) is 5.73 Å². The molecule has 11 heavy (non-hydrogen) atoms. The zero-order valence-electron chi connectivity index (χ0n) is 6.81. The van der Waals surface area contributed by atoms with Crippen LogP contribution in [0.2, 0.25) is 0 Å². The Bertz CT molecular complexity index is 295. The molecule has 2 heteroatoms. The number of nitrogens with two attached hydrogens (primary N) is 1. The van der Waals surface area contributed by atoms with Gasteiger partial charge in [0.15, 0.2) is 0 Å². The van der Waals surface area contributed by atoms with Crippen LogP contribution in [0.1, 0.15) is 19.5 Å². The van der Waals surface area contributed by atoms with E-state index in [1.807, 2.05) is 25.1 Å². The molecule has 0 aromatic heterocycles. The second-order valence-electron chi connectivity index (χ2n) is 2.72. The second kappa shape index (κ2) is 2.74. The molecular weight excluding hydrogens is 136 g/mol. The van der Waals surface area contributed by atoms with Crippen LogP contribution in [-0.2, 0) is 0 Å². The SMILES string of the molecule is CC(=N)c1cc(C)ccc1N.[HH]. The van der Waals surface area contributed by atoms with Gasteiger partial charge in [-0.25, -0.2) is 0 Å². The van der Waals surface area contributed by atoms with E-state index in [9.17, 15) is 0 Å². The highest BCUT2D eigenvalue weighted by Gasteiger charge is 1.99. The van der Waals surface area contributed by atoms with Crippen molar-refractivity contribution >= 4 is 11.4 Å². The van der Waals surface area contributed by atoms with Crippen molar-refractivity contribution in [3.8, 4) is 0 Å². The van der Waals surface area contributed by atoms with Crippen molar-refractivity contribution in [2.45, 2.75) is 13.8 Å². The van der Waals surface area contributed by atoms with E-state index in [1.54, 1.807) is 6.92 Å². The van der Waals surface area contributed by atoms with E-state index >= 15 is 0 Å². The Morgan fingerprint density at radius 3 is 2.64 bits per heavy atom. The third-order valence-corrected chi connectivity index (χ3v) is 1.61. The van der Waals surface area contributed by atoms with Gasteiger partial charge in [-0.2, -0.15) is 0 Å². The zero-order chi connectivity index (χ0) is 8.43. The van der Waals surface area contributed by atoms with E-state index in [2.05, 4.69) is 0 Å². The van der Waals surface area contributed by atoms with Crippen LogP contribution in [0, 0.1) is 12.3 Å². The molecule has 0 atom stereocenters. The first-order valence-corrected chi connectivity index (χ1v) is 3.53. The molecule has 1 aromatic carbocycles. The highest BCUT2D eigenvalue weighted by molar-refractivity contribution is 6.01. The van der Waals surface area contributed by atoms with Gasteiger partial charge in [0.25, 0.3) is 0 Å². The smallest absolute Gasteiger partial charge is 0.0405 e. The molecule has 0 heterocycles. The van der Waals surface area contributed by atoms with Crippen LogP contribution >= 0.6 is 0 Å². The van der Waals surface area contributed by atoms with Crippen LogP contribution in [0.4, 0.5) is 5.69 Å². The molecule has 0 radical (unpaired) electrons. The highest BCUT2D eigenvalue weighted by atomic mass is 14.6. The lowest BCUT2D eigenvalue weighted by Gasteiger charge is -2.03. The highest BCUT2D eigenvalue weighted by Crippen LogP contribution is 2.13. The van der Waals surface area contributed by atoms with Gasteiger partial charge in [-0.1, -0.05) is 11.6 Å². The largest absolute Gasteiger partial charge is 0.398 e. The Morgan fingerprint density at radius 2 is 2.18 bits per heavy atom. The van der Waals surface area contributed by atoms with Crippen molar-refractivity contribution in [3.05, 3.63) is 29.3 Å². The van der Waals surface area contributed by atoms with E-state index in [1.165, 1.54) is 0 Å². The molecular formula is C9H14N2. The molecule has 0 bridgehead atoms. The maximum atomic E-state index is 7.39. The summed E-state index contributed by atoms with van der Waals surface area (Å²) in [5.41, 5.74) is 8.83. The number of hydrogen-bond acceptors (Lipinski definition) is 2. The van der Waals surface area contributed by atoms with Crippen LogP contribution < -0.4 is 5.73 Å². The van der Waals surface area contributed by atoms with Crippen LogP contribution in [0.25, 0.3) is 0 Å². The van der Waals surface area contributed by atoms with Crippen molar-refractivity contribution in [3.63, 3.8) is 0 Å². The van der Waals surface area contributed by atoms with Gasteiger partial charge in [-0.05, 0) is 26.0 Å². The first-order chi connectivity index (χ1) is 5.11. The summed E-state index contributed by atoms with van der Waals surface area (Å²) >= 11 is 0. The van der Waals surface area contributed by atoms with Gasteiger partial charge >= 0.3 is 0 Å². The second-order valence-corrected chi connectivity index (χ2v) is 2.72. The monoisotopic (exact) mass is 150 g/mol. The molecule has 1 rings (SSSR count). The molecule has 0 unspecified atom stereocenters. The lowest BCUT2D eigenvalue weighted by Crippen LogP contribution is -1.99. The molecule has 2 nitrogen and oxygen atoms in total. The number of aryl methyl sites for hydroxylation is 1. The van der Waals surface area contributed by atoms with E-state index < -0.39 is 0 Å². The maximum Gasteiger partial charge on any atom is 0.0405 e. The van der Waals surface area contributed by atoms with Gasteiger partial charge in [0.1, 0.15) is 0 Å². The molecule has 0 spiro atoms. The summed E-state index contributed by atoms with van der Waals surface area (Å²) in [6.07, 6.45) is 0. The Hall–Kier alpha value is -1.31. The number of rotatable bonds is 1. The number of hydrogen-bond donors (Lipinski definition) is 2. The van der Waals surface area contributed by atoms with E-state index in [0.29, 0.717) is 11.4 Å². The Labute approximate surface area is 68.0 Å². The summed E-state index contributed by atoms with van der Waals surface area (Å²) in [6, 6.07) is 5.71. The van der Waals surface area contributed by atoms with Crippen molar-refractivity contribution in [2.24, 2.45) is 0 Å². The van der Waals surface area contributed by atoms with Gasteiger partial charge in [0.2, 0.25) is 0 Å². The Morgan fingerprint density at radius 1 is 1.55 bits per heavy atom. The van der Waals surface area contributed by atoms with Crippen LogP contribution in [0.3, 0.4) is 0 Å². The lowest BCUT2D eigenvalue weighted by atomic mass is 10.1. The van der Waals surface area contributed by atoms with E-state index in [0.717, 1.165) is 11.1 Å². The summed E-state index contributed by atoms with van der Waals surface area (Å²) in [6.45, 7) is 3.73. The molecule has 3 N–H and O–H groups in total. The average Bonchev–Trinajstić information content (AvgIpc) is 1.94. The standard InChI is InChI=1S/C9H12N2.H2/c1-6-3-4-9(11)8(5-6)7(2)10;/h3-5,10H,11H2,1-2H3;1H. The minimum Gasteiger partial charge on any atom is -0.398 e. The predicted octanol–water partition coefficient (Wildman–Crippen LogP) is 2.21. The number of nitrogens with one attached hydrogen (secondary N) is 1. The topological polar surface area (TPSA) is 49.9 Å². The first kappa shape index (κ1) is 7.79. The minimum atomic E-state index is 0. The van der Waals surface area contributed by atoms with Gasteiger partial charge in [-0.15, -0.1) is 0 Å². The molecule has 0 aliphatic heterocycles. The first-order valence-electron chi connectivity index (χ1n) is 3.53. The summed E-state index contributed by atoms with van der Waals surface area (Å²) < 4.78 is 0. The Kier molecular flexibility index (Phi) is 1.94. The molecule has 0 aliphatic carbocycles. The molecule has 0 fully saturated rings. The third-order valence-electron chi connectivity index (χ3n) is 1.61. The minimum absolute atomic E-state index is 0. The van der Waals surface area contributed by atoms with Crippen LogP contribution in [0.15, 0.2) is 18.2 Å². The fraction of sp³-hybridized carbons (Fsp3) is 0.222. The molecule has 60 valence electrons. The number of anilines is 1. The van der Waals surface area contributed by atoms with Gasteiger partial charge in [-0.3, -0.25) is 0 Å². The van der Waals surface area contributed by atoms with Crippen molar-refractivity contribution in [1.82, 2.24) is 0 Å².